The molecular weight excluding hydrogens is 306 g/mol. The van der Waals surface area contributed by atoms with Crippen molar-refractivity contribution in [2.45, 2.75) is 0 Å². The maximum absolute atomic E-state index is 11.4. The van der Waals surface area contributed by atoms with Crippen LogP contribution in [-0.2, 0) is 0 Å². The summed E-state index contributed by atoms with van der Waals surface area (Å²) in [7, 11) is 1.68. The zero-order valence-corrected chi connectivity index (χ0v) is 13.6. The lowest BCUT2D eigenvalue weighted by Gasteiger charge is -2.37. The van der Waals surface area contributed by atoms with Gasteiger partial charge in [0.15, 0.2) is 0 Å². The molecule has 0 radical (unpaired) electrons. The van der Waals surface area contributed by atoms with Crippen LogP contribution in [0.15, 0.2) is 48.5 Å². The molecule has 0 saturated carbocycles. The van der Waals surface area contributed by atoms with Crippen LogP contribution in [0.25, 0.3) is 0 Å². The van der Waals surface area contributed by atoms with Gasteiger partial charge in [0.25, 0.3) is 5.91 Å². The van der Waals surface area contributed by atoms with E-state index in [0.29, 0.717) is 5.56 Å². The van der Waals surface area contributed by atoms with Crippen LogP contribution >= 0.6 is 0 Å². The van der Waals surface area contributed by atoms with Gasteiger partial charge in [0.1, 0.15) is 5.75 Å². The first-order valence-electron chi connectivity index (χ1n) is 7.89. The summed E-state index contributed by atoms with van der Waals surface area (Å²) in [6, 6.07) is 15.4. The van der Waals surface area contributed by atoms with E-state index in [9.17, 15) is 4.79 Å². The molecule has 1 fully saturated rings. The first-order valence-corrected chi connectivity index (χ1v) is 7.89. The Morgan fingerprint density at radius 1 is 1.00 bits per heavy atom. The van der Waals surface area contributed by atoms with Gasteiger partial charge in [-0.15, -0.1) is 0 Å². The van der Waals surface area contributed by atoms with Gasteiger partial charge in [-0.25, -0.2) is 5.48 Å². The van der Waals surface area contributed by atoms with Crippen LogP contribution in [0.5, 0.6) is 5.75 Å². The van der Waals surface area contributed by atoms with Gasteiger partial charge in [-0.1, -0.05) is 6.07 Å². The Kier molecular flexibility index (Phi) is 4.86. The minimum atomic E-state index is -0.496. The van der Waals surface area contributed by atoms with Crippen LogP contribution in [-0.4, -0.2) is 44.4 Å². The van der Waals surface area contributed by atoms with E-state index < -0.39 is 5.91 Å². The van der Waals surface area contributed by atoms with Gasteiger partial charge in [-0.3, -0.25) is 10.0 Å². The summed E-state index contributed by atoms with van der Waals surface area (Å²) < 4.78 is 5.29. The Balaban J connectivity index is 1.63. The molecule has 3 rings (SSSR count). The molecule has 2 aromatic carbocycles. The van der Waals surface area contributed by atoms with Crippen molar-refractivity contribution in [3.8, 4) is 5.75 Å². The van der Waals surface area contributed by atoms with Crippen LogP contribution in [0.4, 0.5) is 11.4 Å². The number of hydroxylamine groups is 1. The van der Waals surface area contributed by atoms with E-state index >= 15 is 0 Å². The van der Waals surface area contributed by atoms with Crippen molar-refractivity contribution in [2.75, 3.05) is 43.1 Å². The summed E-state index contributed by atoms with van der Waals surface area (Å²) >= 11 is 0. The van der Waals surface area contributed by atoms with Crippen LogP contribution in [0.1, 0.15) is 10.4 Å². The van der Waals surface area contributed by atoms with Crippen molar-refractivity contribution in [1.29, 1.82) is 0 Å². The fourth-order valence-electron chi connectivity index (χ4n) is 2.92. The summed E-state index contributed by atoms with van der Waals surface area (Å²) in [5.74, 6) is 0.372. The van der Waals surface area contributed by atoms with Crippen LogP contribution in [0.2, 0.25) is 0 Å². The second kappa shape index (κ2) is 7.23. The Labute approximate surface area is 141 Å². The smallest absolute Gasteiger partial charge is 0.274 e. The number of piperazine rings is 1. The Hall–Kier alpha value is -2.73. The molecule has 0 unspecified atom stereocenters. The molecule has 1 aliphatic heterocycles. The number of carbonyl (C=O) groups is 1. The summed E-state index contributed by atoms with van der Waals surface area (Å²) in [4.78, 5) is 16.0. The molecule has 24 heavy (non-hydrogen) atoms. The highest BCUT2D eigenvalue weighted by molar-refractivity contribution is 5.93. The highest BCUT2D eigenvalue weighted by Gasteiger charge is 2.18. The number of ether oxygens (including phenoxy) is 1. The van der Waals surface area contributed by atoms with E-state index in [4.69, 9.17) is 9.94 Å². The van der Waals surface area contributed by atoms with Crippen LogP contribution in [0.3, 0.4) is 0 Å². The highest BCUT2D eigenvalue weighted by atomic mass is 16.5. The number of methoxy groups -OCH3 is 1. The van der Waals surface area contributed by atoms with Gasteiger partial charge >= 0.3 is 0 Å². The van der Waals surface area contributed by atoms with Crippen LogP contribution in [0, 0.1) is 0 Å². The van der Waals surface area contributed by atoms with Gasteiger partial charge in [0.05, 0.1) is 7.11 Å². The molecule has 1 saturated heterocycles. The highest BCUT2D eigenvalue weighted by Crippen LogP contribution is 2.24. The number of nitrogens with zero attached hydrogens (tertiary/aromatic N) is 2. The van der Waals surface area contributed by atoms with Gasteiger partial charge in [-0.05, 0) is 36.4 Å². The predicted molar refractivity (Wildman–Crippen MR) is 93.1 cm³/mol. The largest absolute Gasteiger partial charge is 0.497 e. The van der Waals surface area contributed by atoms with E-state index in [1.807, 2.05) is 24.3 Å². The first-order chi connectivity index (χ1) is 11.7. The maximum Gasteiger partial charge on any atom is 0.274 e. The molecule has 6 nitrogen and oxygen atoms in total. The number of hydrogen-bond donors (Lipinski definition) is 2. The minimum Gasteiger partial charge on any atom is -0.497 e. The first kappa shape index (κ1) is 16.1. The normalized spacial score (nSPS) is 14.4. The van der Waals surface area contributed by atoms with E-state index in [1.54, 1.807) is 24.7 Å². The molecule has 0 spiro atoms. The second-order valence-electron chi connectivity index (χ2n) is 5.66. The lowest BCUT2D eigenvalue weighted by molar-refractivity contribution is 0.0706. The quantitative estimate of drug-likeness (QED) is 0.665. The van der Waals surface area contributed by atoms with Crippen molar-refractivity contribution >= 4 is 17.3 Å². The fraction of sp³-hybridized carbons (Fsp3) is 0.278. The number of nitrogens with one attached hydrogen (secondary N) is 1. The summed E-state index contributed by atoms with van der Waals surface area (Å²) in [6.45, 7) is 3.66. The van der Waals surface area contributed by atoms with Gasteiger partial charge in [0, 0.05) is 49.2 Å². The standard InChI is InChI=1S/C18H21N3O3/c1-24-17-4-2-3-16(13-17)21-11-9-20(10-12-21)15-7-5-14(6-8-15)18(22)19-23/h2-8,13,23H,9-12H2,1H3,(H,19,22). The zero-order chi connectivity index (χ0) is 16.9. The summed E-state index contributed by atoms with van der Waals surface area (Å²) in [5.41, 5.74) is 4.33. The van der Waals surface area contributed by atoms with Crippen molar-refractivity contribution in [3.63, 3.8) is 0 Å². The van der Waals surface area contributed by atoms with Gasteiger partial charge in [-0.2, -0.15) is 0 Å². The third kappa shape index (κ3) is 3.44. The molecule has 0 aliphatic carbocycles. The molecule has 2 aromatic rings. The number of carbonyl (C=O) groups excluding carboxylic acids is 1. The molecule has 126 valence electrons. The molecular formula is C18H21N3O3. The van der Waals surface area contributed by atoms with Gasteiger partial charge < -0.3 is 14.5 Å². The van der Waals surface area contributed by atoms with Crippen molar-refractivity contribution < 1.29 is 14.7 Å². The third-order valence-corrected chi connectivity index (χ3v) is 4.29. The summed E-state index contributed by atoms with van der Waals surface area (Å²) in [6.07, 6.45) is 0. The Morgan fingerprint density at radius 3 is 2.21 bits per heavy atom. The molecule has 0 atom stereocenters. The lowest BCUT2D eigenvalue weighted by Crippen LogP contribution is -2.46. The zero-order valence-electron chi connectivity index (χ0n) is 13.6. The van der Waals surface area contributed by atoms with Crippen molar-refractivity contribution in [2.24, 2.45) is 0 Å². The SMILES string of the molecule is COc1cccc(N2CCN(c3ccc(C(=O)NO)cc3)CC2)c1. The van der Waals surface area contributed by atoms with E-state index in [0.717, 1.165) is 37.6 Å². The number of anilines is 2. The number of hydrogen-bond acceptors (Lipinski definition) is 5. The molecule has 1 aliphatic rings. The summed E-state index contributed by atoms with van der Waals surface area (Å²) in [5, 5.41) is 8.66. The average Bonchev–Trinajstić information content (AvgIpc) is 2.67. The molecule has 6 heteroatoms. The lowest BCUT2D eigenvalue weighted by atomic mass is 10.1. The Bertz CT molecular complexity index is 695. The maximum atomic E-state index is 11.4. The third-order valence-electron chi connectivity index (χ3n) is 4.29. The second-order valence-corrected chi connectivity index (χ2v) is 5.66. The minimum absolute atomic E-state index is 0.441. The molecule has 1 heterocycles. The van der Waals surface area contributed by atoms with Crippen molar-refractivity contribution in [3.05, 3.63) is 54.1 Å². The van der Waals surface area contributed by atoms with E-state index in [1.165, 1.54) is 5.69 Å². The average molecular weight is 327 g/mol. The monoisotopic (exact) mass is 327 g/mol. The fourth-order valence-corrected chi connectivity index (χ4v) is 2.92. The predicted octanol–water partition coefficient (Wildman–Crippen LogP) is 2.14. The molecule has 0 bridgehead atoms. The van der Waals surface area contributed by atoms with Crippen LogP contribution < -0.4 is 20.0 Å². The number of benzene rings is 2. The molecule has 0 aromatic heterocycles. The molecule has 1 amide bonds. The number of rotatable bonds is 4. The van der Waals surface area contributed by atoms with E-state index in [2.05, 4.69) is 21.9 Å². The van der Waals surface area contributed by atoms with Crippen molar-refractivity contribution in [1.82, 2.24) is 5.48 Å². The van der Waals surface area contributed by atoms with E-state index in [-0.39, 0.29) is 0 Å². The topological polar surface area (TPSA) is 65.0 Å². The van der Waals surface area contributed by atoms with Gasteiger partial charge in [0.2, 0.25) is 0 Å². The Morgan fingerprint density at radius 2 is 1.62 bits per heavy atom. The number of amides is 1. The molecule has 2 N–H and O–H groups in total.